The van der Waals surface area contributed by atoms with E-state index in [1.807, 2.05) is 31.2 Å². The Hall–Kier alpha value is -2.30. The summed E-state index contributed by atoms with van der Waals surface area (Å²) in [7, 11) is 0. The van der Waals surface area contributed by atoms with Gasteiger partial charge >= 0.3 is 5.97 Å². The van der Waals surface area contributed by atoms with Crippen LogP contribution >= 0.6 is 0 Å². The van der Waals surface area contributed by atoms with Crippen LogP contribution in [0.25, 0.3) is 5.69 Å². The number of carbonyl (C=O) groups is 1. The Labute approximate surface area is 116 Å². The summed E-state index contributed by atoms with van der Waals surface area (Å²) in [4.78, 5) is 11.1. The predicted octanol–water partition coefficient (Wildman–Crippen LogP) is 2.85. The molecule has 1 aliphatic rings. The van der Waals surface area contributed by atoms with Crippen LogP contribution in [-0.4, -0.2) is 27.5 Å². The number of rotatable bonds is 5. The molecule has 0 atom stereocenters. The third-order valence-electron chi connectivity index (χ3n) is 3.34. The van der Waals surface area contributed by atoms with Gasteiger partial charge in [-0.15, -0.1) is 0 Å². The Kier molecular flexibility index (Phi) is 3.18. The van der Waals surface area contributed by atoms with Crippen LogP contribution in [0.1, 0.15) is 41.9 Å². The topological polar surface area (TPSA) is 64.4 Å². The summed E-state index contributed by atoms with van der Waals surface area (Å²) in [6.07, 6.45) is 2.20. The highest BCUT2D eigenvalue weighted by atomic mass is 16.5. The molecule has 2 aromatic rings. The Bertz CT molecular complexity index is 627. The van der Waals surface area contributed by atoms with Gasteiger partial charge in [0, 0.05) is 11.6 Å². The van der Waals surface area contributed by atoms with Crippen LogP contribution in [0, 0.1) is 0 Å². The fourth-order valence-electron chi connectivity index (χ4n) is 2.23. The van der Waals surface area contributed by atoms with Gasteiger partial charge in [-0.2, -0.15) is 5.10 Å². The van der Waals surface area contributed by atoms with Crippen LogP contribution in [-0.2, 0) is 0 Å². The SMILES string of the molecule is CCOc1ccc(-n2nc(C(=O)O)cc2C2CC2)cc1. The third-order valence-corrected chi connectivity index (χ3v) is 3.34. The van der Waals surface area contributed by atoms with Crippen LogP contribution in [0.3, 0.4) is 0 Å². The molecule has 1 heterocycles. The lowest BCUT2D eigenvalue weighted by Gasteiger charge is -2.08. The van der Waals surface area contributed by atoms with E-state index >= 15 is 0 Å². The maximum absolute atomic E-state index is 11.1. The van der Waals surface area contributed by atoms with E-state index in [4.69, 9.17) is 9.84 Å². The van der Waals surface area contributed by atoms with Crippen molar-refractivity contribution >= 4 is 5.97 Å². The largest absolute Gasteiger partial charge is 0.494 e. The maximum Gasteiger partial charge on any atom is 0.356 e. The number of carboxylic acid groups (broad SMARTS) is 1. The van der Waals surface area contributed by atoms with Crippen LogP contribution in [0.15, 0.2) is 30.3 Å². The number of nitrogens with zero attached hydrogens (tertiary/aromatic N) is 2. The number of hydrogen-bond acceptors (Lipinski definition) is 3. The number of ether oxygens (including phenoxy) is 1. The van der Waals surface area contributed by atoms with Crippen molar-refractivity contribution in [3.8, 4) is 11.4 Å². The molecule has 0 saturated heterocycles. The van der Waals surface area contributed by atoms with E-state index in [1.54, 1.807) is 10.7 Å². The monoisotopic (exact) mass is 272 g/mol. The van der Waals surface area contributed by atoms with E-state index < -0.39 is 5.97 Å². The standard InChI is InChI=1S/C15H16N2O3/c1-2-20-12-7-5-11(6-8-12)17-14(10-3-4-10)9-13(16-17)15(18)19/h5-10H,2-4H2,1H3,(H,18,19). The Morgan fingerprint density at radius 3 is 2.65 bits per heavy atom. The van der Waals surface area contributed by atoms with Crippen LogP contribution in [0.4, 0.5) is 0 Å². The van der Waals surface area contributed by atoms with Gasteiger partial charge in [-0.1, -0.05) is 0 Å². The van der Waals surface area contributed by atoms with Gasteiger partial charge in [0.15, 0.2) is 5.69 Å². The minimum absolute atomic E-state index is 0.0979. The molecule has 1 fully saturated rings. The Morgan fingerprint density at radius 1 is 1.40 bits per heavy atom. The molecule has 0 bridgehead atoms. The molecule has 5 nitrogen and oxygen atoms in total. The summed E-state index contributed by atoms with van der Waals surface area (Å²) in [5.41, 5.74) is 1.94. The molecule has 3 rings (SSSR count). The molecular weight excluding hydrogens is 256 g/mol. The summed E-state index contributed by atoms with van der Waals surface area (Å²) >= 11 is 0. The van der Waals surface area contributed by atoms with E-state index in [2.05, 4.69) is 5.10 Å². The summed E-state index contributed by atoms with van der Waals surface area (Å²) < 4.78 is 7.14. The van der Waals surface area contributed by atoms with Gasteiger partial charge in [-0.3, -0.25) is 0 Å². The minimum atomic E-state index is -0.989. The second-order valence-electron chi connectivity index (χ2n) is 4.87. The number of hydrogen-bond donors (Lipinski definition) is 1. The molecule has 0 spiro atoms. The fourth-order valence-corrected chi connectivity index (χ4v) is 2.23. The van der Waals surface area contributed by atoms with E-state index in [-0.39, 0.29) is 5.69 Å². The van der Waals surface area contributed by atoms with Crippen molar-refractivity contribution in [3.05, 3.63) is 41.7 Å². The lowest BCUT2D eigenvalue weighted by molar-refractivity contribution is 0.0690. The lowest BCUT2D eigenvalue weighted by Crippen LogP contribution is -2.03. The molecule has 1 saturated carbocycles. The molecule has 0 unspecified atom stereocenters. The zero-order valence-corrected chi connectivity index (χ0v) is 11.2. The average Bonchev–Trinajstić information content (AvgIpc) is 3.19. The molecule has 0 aliphatic heterocycles. The highest BCUT2D eigenvalue weighted by molar-refractivity contribution is 5.85. The summed E-state index contributed by atoms with van der Waals surface area (Å²) in [5, 5.41) is 13.3. The highest BCUT2D eigenvalue weighted by Crippen LogP contribution is 2.41. The van der Waals surface area contributed by atoms with Crippen LogP contribution in [0.2, 0.25) is 0 Å². The van der Waals surface area contributed by atoms with Gasteiger partial charge in [-0.05, 0) is 50.1 Å². The van der Waals surface area contributed by atoms with Crippen molar-refractivity contribution in [1.82, 2.24) is 9.78 Å². The van der Waals surface area contributed by atoms with Gasteiger partial charge in [0.25, 0.3) is 0 Å². The van der Waals surface area contributed by atoms with Gasteiger partial charge in [-0.25, -0.2) is 9.48 Å². The van der Waals surface area contributed by atoms with Gasteiger partial charge in [0.05, 0.1) is 12.3 Å². The van der Waals surface area contributed by atoms with E-state index in [0.29, 0.717) is 12.5 Å². The summed E-state index contributed by atoms with van der Waals surface area (Å²) in [6, 6.07) is 9.22. The first-order valence-corrected chi connectivity index (χ1v) is 6.75. The van der Waals surface area contributed by atoms with Gasteiger partial charge in [0.1, 0.15) is 5.75 Å². The molecular formula is C15H16N2O3. The fraction of sp³-hybridized carbons (Fsp3) is 0.333. The van der Waals surface area contributed by atoms with Crippen molar-refractivity contribution in [2.24, 2.45) is 0 Å². The highest BCUT2D eigenvalue weighted by Gasteiger charge is 2.29. The summed E-state index contributed by atoms with van der Waals surface area (Å²) in [6.45, 7) is 2.56. The Balaban J connectivity index is 1.97. The first kappa shape index (κ1) is 12.7. The molecule has 104 valence electrons. The van der Waals surface area contributed by atoms with E-state index in [9.17, 15) is 4.79 Å². The second kappa shape index (κ2) is 5.00. The first-order chi connectivity index (χ1) is 9.69. The average molecular weight is 272 g/mol. The van der Waals surface area contributed by atoms with Crippen LogP contribution in [0.5, 0.6) is 5.75 Å². The smallest absolute Gasteiger partial charge is 0.356 e. The number of aromatic nitrogens is 2. The van der Waals surface area contributed by atoms with E-state index in [1.165, 1.54) is 0 Å². The zero-order valence-electron chi connectivity index (χ0n) is 11.2. The van der Waals surface area contributed by atoms with Gasteiger partial charge < -0.3 is 9.84 Å². The second-order valence-corrected chi connectivity index (χ2v) is 4.87. The zero-order chi connectivity index (χ0) is 14.1. The maximum atomic E-state index is 11.1. The van der Waals surface area contributed by atoms with Crippen molar-refractivity contribution in [1.29, 1.82) is 0 Å². The summed E-state index contributed by atoms with van der Waals surface area (Å²) in [5.74, 6) is 0.244. The number of aromatic carboxylic acids is 1. The van der Waals surface area contributed by atoms with Crippen molar-refractivity contribution in [2.75, 3.05) is 6.61 Å². The van der Waals surface area contributed by atoms with Crippen LogP contribution < -0.4 is 4.74 Å². The molecule has 0 amide bonds. The van der Waals surface area contributed by atoms with E-state index in [0.717, 1.165) is 30.0 Å². The normalized spacial score (nSPS) is 14.2. The molecule has 1 aromatic carbocycles. The Morgan fingerprint density at radius 2 is 2.10 bits per heavy atom. The number of carboxylic acids is 1. The molecule has 1 aliphatic carbocycles. The predicted molar refractivity (Wildman–Crippen MR) is 73.7 cm³/mol. The molecule has 20 heavy (non-hydrogen) atoms. The first-order valence-electron chi connectivity index (χ1n) is 6.75. The third kappa shape index (κ3) is 2.39. The molecule has 1 N–H and O–H groups in total. The van der Waals surface area contributed by atoms with Crippen molar-refractivity contribution < 1.29 is 14.6 Å². The van der Waals surface area contributed by atoms with Gasteiger partial charge in [0.2, 0.25) is 0 Å². The quantitative estimate of drug-likeness (QED) is 0.909. The molecule has 5 heteroatoms. The minimum Gasteiger partial charge on any atom is -0.494 e. The van der Waals surface area contributed by atoms with Crippen molar-refractivity contribution in [2.45, 2.75) is 25.7 Å². The molecule has 0 radical (unpaired) electrons. The molecule has 1 aromatic heterocycles. The van der Waals surface area contributed by atoms with Crippen molar-refractivity contribution in [3.63, 3.8) is 0 Å². The lowest BCUT2D eigenvalue weighted by atomic mass is 10.2. The number of benzene rings is 1.